The second-order valence-corrected chi connectivity index (χ2v) is 5.81. The summed E-state index contributed by atoms with van der Waals surface area (Å²) >= 11 is 5.06. The van der Waals surface area contributed by atoms with E-state index < -0.39 is 0 Å². The van der Waals surface area contributed by atoms with E-state index in [9.17, 15) is 0 Å². The second kappa shape index (κ2) is 6.41. The third kappa shape index (κ3) is 3.11. The molecule has 1 aromatic heterocycles. The predicted molar refractivity (Wildman–Crippen MR) is 82.2 cm³/mol. The van der Waals surface area contributed by atoms with Crippen LogP contribution in [0.25, 0.3) is 0 Å². The number of ether oxygens (including phenoxy) is 2. The van der Waals surface area contributed by atoms with E-state index in [0.717, 1.165) is 26.4 Å². The van der Waals surface area contributed by atoms with E-state index in [4.69, 9.17) is 15.2 Å². The van der Waals surface area contributed by atoms with E-state index in [1.54, 1.807) is 18.4 Å². The lowest BCUT2D eigenvalue weighted by Gasteiger charge is -2.17. The van der Waals surface area contributed by atoms with Crippen LogP contribution in [0.15, 0.2) is 34.1 Å². The van der Waals surface area contributed by atoms with Crippen molar-refractivity contribution >= 4 is 27.3 Å². The van der Waals surface area contributed by atoms with Crippen molar-refractivity contribution in [3.8, 4) is 11.5 Å². The van der Waals surface area contributed by atoms with Crippen LogP contribution >= 0.6 is 27.3 Å². The summed E-state index contributed by atoms with van der Waals surface area (Å²) in [6.45, 7) is 2.58. The number of methoxy groups -OCH3 is 1. The van der Waals surface area contributed by atoms with Crippen LogP contribution in [0.3, 0.4) is 0 Å². The number of halogens is 1. The van der Waals surface area contributed by atoms with Crippen LogP contribution in [0.5, 0.6) is 11.5 Å². The Bertz CT molecular complexity index is 556. The zero-order valence-corrected chi connectivity index (χ0v) is 13.3. The van der Waals surface area contributed by atoms with Gasteiger partial charge < -0.3 is 15.2 Å². The van der Waals surface area contributed by atoms with Crippen LogP contribution in [-0.2, 0) is 0 Å². The first kappa shape index (κ1) is 14.4. The Morgan fingerprint density at radius 3 is 2.79 bits per heavy atom. The molecule has 5 heteroatoms. The van der Waals surface area contributed by atoms with E-state index in [1.807, 2.05) is 36.6 Å². The van der Waals surface area contributed by atoms with E-state index in [-0.39, 0.29) is 6.04 Å². The zero-order valence-electron chi connectivity index (χ0n) is 10.9. The molecule has 2 aromatic rings. The first-order valence-corrected chi connectivity index (χ1v) is 7.63. The quantitative estimate of drug-likeness (QED) is 0.894. The molecule has 0 bridgehead atoms. The predicted octanol–water partition coefficient (Wildman–Crippen LogP) is 3.97. The topological polar surface area (TPSA) is 44.5 Å². The third-order valence-corrected chi connectivity index (χ3v) is 4.24. The molecule has 1 heterocycles. The largest absolute Gasteiger partial charge is 0.496 e. The van der Waals surface area contributed by atoms with Crippen molar-refractivity contribution in [2.45, 2.75) is 13.0 Å². The number of benzene rings is 1. The minimum Gasteiger partial charge on any atom is -0.496 e. The highest BCUT2D eigenvalue weighted by molar-refractivity contribution is 9.10. The summed E-state index contributed by atoms with van der Waals surface area (Å²) < 4.78 is 12.0. The average molecular weight is 342 g/mol. The Kier molecular flexibility index (Phi) is 4.85. The summed E-state index contributed by atoms with van der Waals surface area (Å²) in [4.78, 5) is 1.00. The van der Waals surface area contributed by atoms with Gasteiger partial charge in [0.05, 0.1) is 24.6 Å². The van der Waals surface area contributed by atoms with Crippen LogP contribution in [-0.4, -0.2) is 13.7 Å². The minimum atomic E-state index is -0.256. The fourth-order valence-corrected chi connectivity index (χ4v) is 3.15. The number of hydrogen-bond acceptors (Lipinski definition) is 4. The van der Waals surface area contributed by atoms with Crippen LogP contribution < -0.4 is 15.2 Å². The van der Waals surface area contributed by atoms with Crippen molar-refractivity contribution in [2.24, 2.45) is 5.73 Å². The second-order valence-electron chi connectivity index (χ2n) is 3.95. The molecule has 102 valence electrons. The van der Waals surface area contributed by atoms with Gasteiger partial charge >= 0.3 is 0 Å². The van der Waals surface area contributed by atoms with E-state index in [0.29, 0.717) is 6.61 Å². The maximum Gasteiger partial charge on any atom is 0.134 e. The molecule has 0 fully saturated rings. The molecule has 3 nitrogen and oxygen atoms in total. The highest BCUT2D eigenvalue weighted by Gasteiger charge is 2.19. The maximum atomic E-state index is 6.37. The van der Waals surface area contributed by atoms with Crippen molar-refractivity contribution in [2.75, 3.05) is 13.7 Å². The molecule has 1 aromatic carbocycles. The minimum absolute atomic E-state index is 0.256. The van der Waals surface area contributed by atoms with E-state index in [2.05, 4.69) is 15.9 Å². The molecule has 0 saturated carbocycles. The molecule has 0 aliphatic rings. The molecule has 0 aliphatic heterocycles. The number of rotatable bonds is 5. The molecule has 0 spiro atoms. The molecular weight excluding hydrogens is 326 g/mol. The zero-order chi connectivity index (χ0) is 13.8. The van der Waals surface area contributed by atoms with E-state index in [1.165, 1.54) is 0 Å². The number of nitrogens with two attached hydrogens (primary N) is 1. The molecular formula is C14H16BrNO2S. The van der Waals surface area contributed by atoms with Gasteiger partial charge in [0, 0.05) is 10.0 Å². The molecule has 2 N–H and O–H groups in total. The average Bonchev–Trinajstić information content (AvgIpc) is 2.88. The first-order chi connectivity index (χ1) is 9.17. The SMILES string of the molecule is CCOc1ccc(Br)cc1C(N)c1sccc1OC. The first-order valence-electron chi connectivity index (χ1n) is 5.96. The molecule has 19 heavy (non-hydrogen) atoms. The van der Waals surface area contributed by atoms with Crippen molar-refractivity contribution in [1.82, 2.24) is 0 Å². The molecule has 0 aliphatic carbocycles. The summed E-state index contributed by atoms with van der Waals surface area (Å²) in [7, 11) is 1.66. The molecule has 1 unspecified atom stereocenters. The molecule has 0 radical (unpaired) electrons. The van der Waals surface area contributed by atoms with E-state index >= 15 is 0 Å². The monoisotopic (exact) mass is 341 g/mol. The van der Waals surface area contributed by atoms with Gasteiger partial charge in [0.25, 0.3) is 0 Å². The van der Waals surface area contributed by atoms with Gasteiger partial charge in [-0.15, -0.1) is 11.3 Å². The van der Waals surface area contributed by atoms with Crippen molar-refractivity contribution in [3.05, 3.63) is 44.6 Å². The van der Waals surface area contributed by atoms with Crippen molar-refractivity contribution in [1.29, 1.82) is 0 Å². The lowest BCUT2D eigenvalue weighted by molar-refractivity contribution is 0.335. The van der Waals surface area contributed by atoms with Crippen LogP contribution in [0.1, 0.15) is 23.4 Å². The summed E-state index contributed by atoms with van der Waals surface area (Å²) in [5.41, 5.74) is 7.32. The molecule has 1 atom stereocenters. The number of thiophene rings is 1. The number of hydrogen-bond donors (Lipinski definition) is 1. The molecule has 0 amide bonds. The molecule has 2 rings (SSSR count). The Morgan fingerprint density at radius 1 is 1.32 bits per heavy atom. The Hall–Kier alpha value is -1.04. The Labute approximate surface area is 125 Å². The fraction of sp³-hybridized carbons (Fsp3) is 0.286. The summed E-state index contributed by atoms with van der Waals surface area (Å²) in [6, 6.07) is 7.55. The van der Waals surface area contributed by atoms with Gasteiger partial charge in [-0.2, -0.15) is 0 Å². The highest BCUT2D eigenvalue weighted by Crippen LogP contribution is 2.37. The third-order valence-electron chi connectivity index (χ3n) is 2.77. The van der Waals surface area contributed by atoms with Gasteiger partial charge in [-0.05, 0) is 36.6 Å². The fourth-order valence-electron chi connectivity index (χ4n) is 1.90. The highest BCUT2D eigenvalue weighted by atomic mass is 79.9. The summed E-state index contributed by atoms with van der Waals surface area (Å²) in [5.74, 6) is 1.63. The molecule has 0 saturated heterocycles. The van der Waals surface area contributed by atoms with Crippen molar-refractivity contribution < 1.29 is 9.47 Å². The van der Waals surface area contributed by atoms with Gasteiger partial charge in [-0.3, -0.25) is 0 Å². The van der Waals surface area contributed by atoms with Crippen molar-refractivity contribution in [3.63, 3.8) is 0 Å². The Balaban J connectivity index is 2.42. The van der Waals surface area contributed by atoms with Gasteiger partial charge in [-0.1, -0.05) is 15.9 Å². The van der Waals surface area contributed by atoms with Gasteiger partial charge in [0.1, 0.15) is 11.5 Å². The summed E-state index contributed by atoms with van der Waals surface area (Å²) in [6.07, 6.45) is 0. The lowest BCUT2D eigenvalue weighted by Crippen LogP contribution is -2.13. The van der Waals surface area contributed by atoms with Crippen LogP contribution in [0.2, 0.25) is 0 Å². The van der Waals surface area contributed by atoms with Crippen LogP contribution in [0, 0.1) is 0 Å². The summed E-state index contributed by atoms with van der Waals surface area (Å²) in [5, 5.41) is 1.98. The van der Waals surface area contributed by atoms with Gasteiger partial charge in [-0.25, -0.2) is 0 Å². The van der Waals surface area contributed by atoms with Gasteiger partial charge in [0.15, 0.2) is 0 Å². The normalized spacial score (nSPS) is 12.2. The van der Waals surface area contributed by atoms with Crippen LogP contribution in [0.4, 0.5) is 0 Å². The lowest BCUT2D eigenvalue weighted by atomic mass is 10.0. The van der Waals surface area contributed by atoms with Gasteiger partial charge in [0.2, 0.25) is 0 Å². The maximum absolute atomic E-state index is 6.37. The standard InChI is InChI=1S/C14H16BrNO2S/c1-3-18-11-5-4-9(15)8-10(11)13(16)14-12(17-2)6-7-19-14/h4-8,13H,3,16H2,1-2H3. The smallest absolute Gasteiger partial charge is 0.134 e. The Morgan fingerprint density at radius 2 is 2.11 bits per heavy atom.